The Morgan fingerprint density at radius 2 is 2.36 bits per heavy atom. The van der Waals surface area contributed by atoms with Crippen LogP contribution in [-0.4, -0.2) is 30.4 Å². The zero-order valence-corrected chi connectivity index (χ0v) is 12.4. The highest BCUT2D eigenvalue weighted by atomic mass is 16.5. The zero-order valence-electron chi connectivity index (χ0n) is 12.4. The molecule has 1 amide bonds. The van der Waals surface area contributed by atoms with Gasteiger partial charge < -0.3 is 19.3 Å². The molecule has 22 heavy (non-hydrogen) atoms. The number of ether oxygens (including phenoxy) is 2. The third-order valence-corrected chi connectivity index (χ3v) is 3.40. The van der Waals surface area contributed by atoms with Crippen molar-refractivity contribution < 1.29 is 18.8 Å². The van der Waals surface area contributed by atoms with Gasteiger partial charge in [-0.1, -0.05) is 11.2 Å². The van der Waals surface area contributed by atoms with E-state index in [0.717, 1.165) is 19.4 Å². The molecule has 0 aliphatic carbocycles. The van der Waals surface area contributed by atoms with Crippen molar-refractivity contribution in [2.75, 3.05) is 18.5 Å². The van der Waals surface area contributed by atoms with Gasteiger partial charge in [0.05, 0.1) is 11.8 Å². The third kappa shape index (κ3) is 3.65. The van der Waals surface area contributed by atoms with Crippen LogP contribution in [0.3, 0.4) is 0 Å². The second-order valence-electron chi connectivity index (χ2n) is 5.26. The molecule has 2 aromatic rings. The van der Waals surface area contributed by atoms with E-state index in [-0.39, 0.29) is 17.8 Å². The highest BCUT2D eigenvalue weighted by molar-refractivity contribution is 6.02. The lowest BCUT2D eigenvalue weighted by Crippen LogP contribution is -2.16. The number of anilines is 1. The first-order valence-electron chi connectivity index (χ1n) is 7.30. The monoisotopic (exact) mass is 302 g/mol. The quantitative estimate of drug-likeness (QED) is 0.919. The van der Waals surface area contributed by atoms with Crippen LogP contribution in [-0.2, 0) is 4.74 Å². The summed E-state index contributed by atoms with van der Waals surface area (Å²) in [7, 11) is 0. The molecule has 1 aliphatic heterocycles. The van der Waals surface area contributed by atoms with Crippen molar-refractivity contribution in [3.05, 3.63) is 41.8 Å². The van der Waals surface area contributed by atoms with Gasteiger partial charge >= 0.3 is 0 Å². The summed E-state index contributed by atoms with van der Waals surface area (Å²) < 4.78 is 16.2. The highest BCUT2D eigenvalue weighted by Gasteiger charge is 2.16. The lowest BCUT2D eigenvalue weighted by atomic mass is 10.2. The number of carbonyl (C=O) groups excluding carboxylic acids is 1. The molecule has 1 N–H and O–H groups in total. The summed E-state index contributed by atoms with van der Waals surface area (Å²) in [4.78, 5) is 12.0. The van der Waals surface area contributed by atoms with E-state index >= 15 is 0 Å². The van der Waals surface area contributed by atoms with E-state index in [9.17, 15) is 4.79 Å². The molecule has 0 bridgehead atoms. The molecule has 1 fully saturated rings. The fourth-order valence-electron chi connectivity index (χ4n) is 2.29. The molecule has 116 valence electrons. The average molecular weight is 302 g/mol. The predicted octanol–water partition coefficient (Wildman–Crippen LogP) is 2.79. The lowest BCUT2D eigenvalue weighted by molar-refractivity contribution is 0.0679. The summed E-state index contributed by atoms with van der Waals surface area (Å²) in [5.41, 5.74) is 1.31. The minimum absolute atomic E-state index is 0.162. The maximum atomic E-state index is 12.0. The topological polar surface area (TPSA) is 73.6 Å². The van der Waals surface area contributed by atoms with Gasteiger partial charge in [0.15, 0.2) is 0 Å². The standard InChI is InChI=1S/C16H18N2O4/c1-11-8-15(22-18-11)16(19)17-12-4-2-5-13(9-12)21-10-14-6-3-7-20-14/h2,4-5,8-9,14H,3,6-7,10H2,1H3,(H,17,19). The summed E-state index contributed by atoms with van der Waals surface area (Å²) in [6.45, 7) is 3.10. The first-order chi connectivity index (χ1) is 10.7. The normalized spacial score (nSPS) is 17.4. The molecule has 1 aromatic carbocycles. The van der Waals surface area contributed by atoms with Crippen LogP contribution in [0.1, 0.15) is 29.1 Å². The van der Waals surface area contributed by atoms with Gasteiger partial charge in [0.1, 0.15) is 12.4 Å². The summed E-state index contributed by atoms with van der Waals surface area (Å²) in [6.07, 6.45) is 2.28. The Balaban J connectivity index is 1.59. The van der Waals surface area contributed by atoms with Crippen LogP contribution in [0.15, 0.2) is 34.9 Å². The second kappa shape index (κ2) is 6.62. The molecular weight excluding hydrogens is 284 g/mol. The van der Waals surface area contributed by atoms with Gasteiger partial charge in [0.2, 0.25) is 5.76 Å². The van der Waals surface area contributed by atoms with Crippen molar-refractivity contribution in [1.82, 2.24) is 5.16 Å². The number of aromatic nitrogens is 1. The molecule has 6 nitrogen and oxygen atoms in total. The van der Waals surface area contributed by atoms with Crippen LogP contribution >= 0.6 is 0 Å². The molecule has 1 aliphatic rings. The van der Waals surface area contributed by atoms with E-state index in [4.69, 9.17) is 14.0 Å². The van der Waals surface area contributed by atoms with E-state index in [2.05, 4.69) is 10.5 Å². The molecule has 1 aromatic heterocycles. The molecular formula is C16H18N2O4. The average Bonchev–Trinajstić information content (AvgIpc) is 3.17. The maximum absolute atomic E-state index is 12.0. The number of carbonyl (C=O) groups is 1. The van der Waals surface area contributed by atoms with Crippen LogP contribution in [0, 0.1) is 6.92 Å². The van der Waals surface area contributed by atoms with Gasteiger partial charge in [0, 0.05) is 24.4 Å². The van der Waals surface area contributed by atoms with Crippen LogP contribution < -0.4 is 10.1 Å². The number of aryl methyl sites for hydroxylation is 1. The van der Waals surface area contributed by atoms with Gasteiger partial charge in [-0.05, 0) is 31.9 Å². The zero-order chi connectivity index (χ0) is 15.4. The van der Waals surface area contributed by atoms with Gasteiger partial charge in [-0.25, -0.2) is 0 Å². The van der Waals surface area contributed by atoms with Crippen LogP contribution in [0.25, 0.3) is 0 Å². The van der Waals surface area contributed by atoms with Gasteiger partial charge in [0.25, 0.3) is 5.91 Å². The highest BCUT2D eigenvalue weighted by Crippen LogP contribution is 2.20. The van der Waals surface area contributed by atoms with Crippen LogP contribution in [0.2, 0.25) is 0 Å². The third-order valence-electron chi connectivity index (χ3n) is 3.40. The number of nitrogens with zero attached hydrogens (tertiary/aromatic N) is 1. The Kier molecular flexibility index (Phi) is 4.39. The van der Waals surface area contributed by atoms with Crippen LogP contribution in [0.5, 0.6) is 5.75 Å². The summed E-state index contributed by atoms with van der Waals surface area (Å²) in [5, 5.41) is 6.45. The number of rotatable bonds is 5. The minimum atomic E-state index is -0.336. The van der Waals surface area contributed by atoms with Crippen molar-refractivity contribution in [1.29, 1.82) is 0 Å². The second-order valence-corrected chi connectivity index (χ2v) is 5.26. The van der Waals surface area contributed by atoms with Gasteiger partial charge in [-0.15, -0.1) is 0 Å². The Morgan fingerprint density at radius 3 is 3.09 bits per heavy atom. The number of nitrogens with one attached hydrogen (secondary N) is 1. The van der Waals surface area contributed by atoms with Crippen molar-refractivity contribution >= 4 is 11.6 Å². The van der Waals surface area contributed by atoms with E-state index in [1.807, 2.05) is 12.1 Å². The van der Waals surface area contributed by atoms with E-state index in [0.29, 0.717) is 23.7 Å². The first-order valence-corrected chi connectivity index (χ1v) is 7.30. The summed E-state index contributed by atoms with van der Waals surface area (Å²) in [6, 6.07) is 8.83. The molecule has 1 saturated heterocycles. The molecule has 6 heteroatoms. The van der Waals surface area contributed by atoms with E-state index in [1.165, 1.54) is 0 Å². The Bertz CT molecular complexity index is 647. The van der Waals surface area contributed by atoms with Crippen molar-refractivity contribution in [3.63, 3.8) is 0 Å². The fraction of sp³-hybridized carbons (Fsp3) is 0.375. The molecule has 0 saturated carbocycles. The Hall–Kier alpha value is -2.34. The molecule has 1 atom stereocenters. The fourth-order valence-corrected chi connectivity index (χ4v) is 2.29. The first kappa shape index (κ1) is 14.6. The Labute approximate surface area is 128 Å². The minimum Gasteiger partial charge on any atom is -0.491 e. The number of amides is 1. The molecule has 0 spiro atoms. The maximum Gasteiger partial charge on any atom is 0.294 e. The predicted molar refractivity (Wildman–Crippen MR) is 80.1 cm³/mol. The number of benzene rings is 1. The van der Waals surface area contributed by atoms with Crippen molar-refractivity contribution in [3.8, 4) is 5.75 Å². The molecule has 3 rings (SSSR count). The molecule has 1 unspecified atom stereocenters. The lowest BCUT2D eigenvalue weighted by Gasteiger charge is -2.12. The van der Waals surface area contributed by atoms with Crippen LogP contribution in [0.4, 0.5) is 5.69 Å². The SMILES string of the molecule is Cc1cc(C(=O)Nc2cccc(OCC3CCCO3)c2)on1. The summed E-state index contributed by atoms with van der Waals surface area (Å²) in [5.74, 6) is 0.544. The van der Waals surface area contributed by atoms with Gasteiger partial charge in [-0.3, -0.25) is 4.79 Å². The molecule has 0 radical (unpaired) electrons. The van der Waals surface area contributed by atoms with Crippen molar-refractivity contribution in [2.45, 2.75) is 25.9 Å². The van der Waals surface area contributed by atoms with Crippen molar-refractivity contribution in [2.24, 2.45) is 0 Å². The van der Waals surface area contributed by atoms with E-state index < -0.39 is 0 Å². The summed E-state index contributed by atoms with van der Waals surface area (Å²) >= 11 is 0. The molecule has 2 heterocycles. The van der Waals surface area contributed by atoms with Gasteiger partial charge in [-0.2, -0.15) is 0 Å². The smallest absolute Gasteiger partial charge is 0.294 e. The number of hydrogen-bond donors (Lipinski definition) is 1. The number of hydrogen-bond acceptors (Lipinski definition) is 5. The largest absolute Gasteiger partial charge is 0.491 e. The van der Waals surface area contributed by atoms with E-state index in [1.54, 1.807) is 25.1 Å². The Morgan fingerprint density at radius 1 is 1.45 bits per heavy atom.